The molecule has 0 aliphatic carbocycles. The van der Waals surface area contributed by atoms with Crippen molar-refractivity contribution in [1.82, 2.24) is 4.57 Å². The lowest BCUT2D eigenvalue weighted by molar-refractivity contribution is -0.112. The highest BCUT2D eigenvalue weighted by atomic mass is 16.4. The Morgan fingerprint density at radius 1 is 1.07 bits per heavy atom. The quantitative estimate of drug-likeness (QED) is 0.523. The topological polar surface area (TPSA) is 95.1 Å². The Morgan fingerprint density at radius 2 is 1.75 bits per heavy atom. The molecule has 2 aromatic carbocycles. The third-order valence-corrected chi connectivity index (χ3v) is 4.14. The molecule has 0 spiro atoms. The first-order chi connectivity index (χ1) is 13.5. The largest absolute Gasteiger partial charge is 0.478 e. The second kappa shape index (κ2) is 8.06. The summed E-state index contributed by atoms with van der Waals surface area (Å²) in [5.74, 6) is -1.50. The Hall–Kier alpha value is -4.11. The number of nitrogens with zero attached hydrogens (tertiary/aromatic N) is 2. The second-order valence-corrected chi connectivity index (χ2v) is 6.15. The second-order valence-electron chi connectivity index (χ2n) is 6.15. The average Bonchev–Trinajstić information content (AvgIpc) is 3.16. The molecule has 1 aromatic heterocycles. The molecule has 1 heterocycles. The van der Waals surface area contributed by atoms with Gasteiger partial charge in [-0.05, 0) is 61.5 Å². The monoisotopic (exact) mass is 371 g/mol. The summed E-state index contributed by atoms with van der Waals surface area (Å²) in [4.78, 5) is 23.4. The van der Waals surface area contributed by atoms with Gasteiger partial charge in [0.2, 0.25) is 0 Å². The molecule has 0 radical (unpaired) electrons. The zero-order chi connectivity index (χ0) is 20.1. The SMILES string of the molecule is Cc1ccc(NC(=O)/C(C#N)=C\c2cccn2-c2ccc(C(=O)O)cc2)cc1. The molecule has 0 aliphatic rings. The van der Waals surface area contributed by atoms with E-state index in [1.165, 1.54) is 18.2 Å². The van der Waals surface area contributed by atoms with E-state index in [1.54, 1.807) is 47.2 Å². The van der Waals surface area contributed by atoms with Crippen LogP contribution in [0.15, 0.2) is 72.4 Å². The minimum atomic E-state index is -1.00. The van der Waals surface area contributed by atoms with E-state index >= 15 is 0 Å². The highest BCUT2D eigenvalue weighted by Gasteiger charge is 2.12. The summed E-state index contributed by atoms with van der Waals surface area (Å²) in [6, 6.07) is 19.1. The summed E-state index contributed by atoms with van der Waals surface area (Å²) in [6.45, 7) is 1.95. The van der Waals surface area contributed by atoms with E-state index in [-0.39, 0.29) is 11.1 Å². The number of carboxylic acids is 1. The van der Waals surface area contributed by atoms with Gasteiger partial charge in [-0.3, -0.25) is 4.79 Å². The van der Waals surface area contributed by atoms with Crippen molar-refractivity contribution in [2.45, 2.75) is 6.92 Å². The molecular formula is C22H17N3O3. The molecule has 0 aliphatic heterocycles. The van der Waals surface area contributed by atoms with Crippen LogP contribution >= 0.6 is 0 Å². The number of hydrogen-bond donors (Lipinski definition) is 2. The van der Waals surface area contributed by atoms with Crippen LogP contribution in [0.2, 0.25) is 0 Å². The summed E-state index contributed by atoms with van der Waals surface area (Å²) in [5, 5.41) is 21.1. The number of amides is 1. The van der Waals surface area contributed by atoms with Gasteiger partial charge in [-0.15, -0.1) is 0 Å². The molecule has 3 aromatic rings. The Balaban J connectivity index is 1.86. The Bertz CT molecular complexity index is 1090. The van der Waals surface area contributed by atoms with Gasteiger partial charge in [-0.25, -0.2) is 4.79 Å². The number of anilines is 1. The summed E-state index contributed by atoms with van der Waals surface area (Å²) >= 11 is 0. The predicted molar refractivity (Wildman–Crippen MR) is 106 cm³/mol. The zero-order valence-corrected chi connectivity index (χ0v) is 15.1. The minimum Gasteiger partial charge on any atom is -0.478 e. The van der Waals surface area contributed by atoms with Crippen LogP contribution in [0, 0.1) is 18.3 Å². The van der Waals surface area contributed by atoms with E-state index in [2.05, 4.69) is 5.32 Å². The summed E-state index contributed by atoms with van der Waals surface area (Å²) in [7, 11) is 0. The van der Waals surface area contributed by atoms with Crippen molar-refractivity contribution in [2.24, 2.45) is 0 Å². The van der Waals surface area contributed by atoms with Gasteiger partial charge >= 0.3 is 5.97 Å². The summed E-state index contributed by atoms with van der Waals surface area (Å²) < 4.78 is 1.77. The fraction of sp³-hybridized carbons (Fsp3) is 0.0455. The maximum absolute atomic E-state index is 12.4. The molecule has 6 heteroatoms. The maximum Gasteiger partial charge on any atom is 0.335 e. The third kappa shape index (κ3) is 4.17. The van der Waals surface area contributed by atoms with Gasteiger partial charge in [0.1, 0.15) is 11.6 Å². The van der Waals surface area contributed by atoms with E-state index in [4.69, 9.17) is 5.11 Å². The number of aryl methyl sites for hydroxylation is 1. The Labute approximate surface area is 162 Å². The van der Waals surface area contributed by atoms with Crippen molar-refractivity contribution in [1.29, 1.82) is 5.26 Å². The van der Waals surface area contributed by atoms with Crippen molar-refractivity contribution in [3.63, 3.8) is 0 Å². The first kappa shape index (κ1) is 18.7. The standard InChI is InChI=1S/C22H17N3O3/c1-15-4-8-18(9-5-15)24-21(26)17(14-23)13-20-3-2-12-25(20)19-10-6-16(7-11-19)22(27)28/h2-13H,1H3,(H,24,26)(H,27,28)/b17-13-. The van der Waals surface area contributed by atoms with Crippen LogP contribution in [0.1, 0.15) is 21.6 Å². The van der Waals surface area contributed by atoms with Crippen molar-refractivity contribution in [3.8, 4) is 11.8 Å². The predicted octanol–water partition coefficient (Wildman–Crippen LogP) is 4.03. The van der Waals surface area contributed by atoms with Crippen LogP contribution < -0.4 is 5.32 Å². The molecule has 0 unspecified atom stereocenters. The number of carboxylic acid groups (broad SMARTS) is 1. The first-order valence-corrected chi connectivity index (χ1v) is 8.49. The van der Waals surface area contributed by atoms with Gasteiger partial charge in [0.05, 0.1) is 5.56 Å². The molecule has 1 amide bonds. The van der Waals surface area contributed by atoms with Gasteiger partial charge < -0.3 is 15.0 Å². The third-order valence-electron chi connectivity index (χ3n) is 4.14. The zero-order valence-electron chi connectivity index (χ0n) is 15.1. The van der Waals surface area contributed by atoms with Crippen LogP contribution in [0.3, 0.4) is 0 Å². The summed E-state index contributed by atoms with van der Waals surface area (Å²) in [5.41, 5.74) is 3.17. The van der Waals surface area contributed by atoms with Gasteiger partial charge in [-0.1, -0.05) is 17.7 Å². The normalized spacial score (nSPS) is 10.9. The van der Waals surface area contributed by atoms with Crippen LogP contribution in [-0.2, 0) is 4.79 Å². The molecule has 138 valence electrons. The van der Waals surface area contributed by atoms with E-state index in [1.807, 2.05) is 25.1 Å². The van der Waals surface area contributed by atoms with Crippen molar-refractivity contribution in [3.05, 3.63) is 89.3 Å². The van der Waals surface area contributed by atoms with Crippen LogP contribution in [-0.4, -0.2) is 21.6 Å². The Kier molecular flexibility index (Phi) is 5.38. The number of carbonyl (C=O) groups is 2. The Morgan fingerprint density at radius 3 is 2.36 bits per heavy atom. The molecule has 6 nitrogen and oxygen atoms in total. The van der Waals surface area contributed by atoms with E-state index in [0.717, 1.165) is 11.3 Å². The molecule has 2 N–H and O–H groups in total. The number of aromatic carboxylic acids is 1. The number of hydrogen-bond acceptors (Lipinski definition) is 3. The first-order valence-electron chi connectivity index (χ1n) is 8.49. The average molecular weight is 371 g/mol. The van der Waals surface area contributed by atoms with Crippen molar-refractivity contribution >= 4 is 23.6 Å². The molecule has 0 bridgehead atoms. The molecular weight excluding hydrogens is 354 g/mol. The fourth-order valence-corrected chi connectivity index (χ4v) is 2.64. The molecule has 0 fully saturated rings. The molecule has 0 atom stereocenters. The van der Waals surface area contributed by atoms with Gasteiger partial charge in [0, 0.05) is 23.3 Å². The lowest BCUT2D eigenvalue weighted by atomic mass is 10.2. The van der Waals surface area contributed by atoms with Crippen molar-refractivity contribution in [2.75, 3.05) is 5.32 Å². The number of nitriles is 1. The lowest BCUT2D eigenvalue weighted by Gasteiger charge is -2.08. The maximum atomic E-state index is 12.4. The molecule has 3 rings (SSSR count). The van der Waals surface area contributed by atoms with E-state index in [0.29, 0.717) is 11.4 Å². The molecule has 0 saturated heterocycles. The number of nitrogens with one attached hydrogen (secondary N) is 1. The van der Waals surface area contributed by atoms with Gasteiger partial charge in [0.25, 0.3) is 5.91 Å². The minimum absolute atomic E-state index is 0.0392. The van der Waals surface area contributed by atoms with Gasteiger partial charge in [-0.2, -0.15) is 5.26 Å². The van der Waals surface area contributed by atoms with E-state index in [9.17, 15) is 14.9 Å². The van der Waals surface area contributed by atoms with Gasteiger partial charge in [0.15, 0.2) is 0 Å². The van der Waals surface area contributed by atoms with Crippen LogP contribution in [0.5, 0.6) is 0 Å². The van der Waals surface area contributed by atoms with Crippen LogP contribution in [0.25, 0.3) is 11.8 Å². The molecule has 0 saturated carbocycles. The number of aromatic nitrogens is 1. The lowest BCUT2D eigenvalue weighted by Crippen LogP contribution is -2.13. The van der Waals surface area contributed by atoms with Crippen molar-refractivity contribution < 1.29 is 14.7 Å². The number of benzene rings is 2. The van der Waals surface area contributed by atoms with E-state index < -0.39 is 11.9 Å². The number of rotatable bonds is 5. The number of carbonyl (C=O) groups excluding carboxylic acids is 1. The summed E-state index contributed by atoms with van der Waals surface area (Å²) in [6.07, 6.45) is 3.27. The highest BCUT2D eigenvalue weighted by molar-refractivity contribution is 6.09. The smallest absolute Gasteiger partial charge is 0.335 e. The van der Waals surface area contributed by atoms with Crippen LogP contribution in [0.4, 0.5) is 5.69 Å². The molecule has 28 heavy (non-hydrogen) atoms. The fourth-order valence-electron chi connectivity index (χ4n) is 2.64. The highest BCUT2D eigenvalue weighted by Crippen LogP contribution is 2.17.